The molecule has 0 unspecified atom stereocenters. The Morgan fingerprint density at radius 1 is 0.907 bits per heavy atom. The highest BCUT2D eigenvalue weighted by Gasteiger charge is 2.24. The van der Waals surface area contributed by atoms with E-state index >= 15 is 0 Å². The summed E-state index contributed by atoms with van der Waals surface area (Å²) < 4.78 is 5.53. The third-order valence-corrected chi connectivity index (χ3v) is 8.77. The van der Waals surface area contributed by atoms with Crippen LogP contribution in [0.3, 0.4) is 0 Å². The van der Waals surface area contributed by atoms with E-state index in [1.165, 1.54) is 30.2 Å². The molecule has 0 aliphatic carbocycles. The molecule has 8 nitrogen and oxygen atoms in total. The van der Waals surface area contributed by atoms with Crippen molar-refractivity contribution in [2.45, 2.75) is 52.1 Å². The maximum Gasteiger partial charge on any atom is 0.416 e. The van der Waals surface area contributed by atoms with Crippen LogP contribution in [0.2, 0.25) is 0 Å². The zero-order valence-electron chi connectivity index (χ0n) is 25.6. The number of hydrogen-bond donors (Lipinski definition) is 1. The molecule has 0 radical (unpaired) electrons. The van der Waals surface area contributed by atoms with E-state index in [4.69, 9.17) is 4.74 Å². The Morgan fingerprint density at radius 3 is 2.30 bits per heavy atom. The number of ether oxygens (including phenoxy) is 1. The van der Waals surface area contributed by atoms with Gasteiger partial charge in [-0.1, -0.05) is 49.4 Å². The van der Waals surface area contributed by atoms with Gasteiger partial charge in [0.2, 0.25) is 5.88 Å². The second kappa shape index (κ2) is 15.1. The predicted octanol–water partition coefficient (Wildman–Crippen LogP) is 6.30. The van der Waals surface area contributed by atoms with Gasteiger partial charge in [0.25, 0.3) is 5.91 Å². The Hall–Kier alpha value is -3.75. The summed E-state index contributed by atoms with van der Waals surface area (Å²) in [7, 11) is 2.16. The number of hydrogen-bond acceptors (Lipinski definition) is 6. The largest absolute Gasteiger partial charge is 0.416 e. The Labute approximate surface area is 256 Å². The van der Waals surface area contributed by atoms with Crippen molar-refractivity contribution in [3.63, 3.8) is 0 Å². The van der Waals surface area contributed by atoms with E-state index in [0.717, 1.165) is 57.9 Å². The molecule has 2 aliphatic rings. The zero-order chi connectivity index (χ0) is 30.0. The number of benzene rings is 2. The molecule has 3 aromatic rings. The van der Waals surface area contributed by atoms with Gasteiger partial charge in [0.15, 0.2) is 0 Å². The maximum atomic E-state index is 12.8. The third kappa shape index (κ3) is 9.37. The molecule has 2 aliphatic heterocycles. The minimum Gasteiger partial charge on any atom is -0.391 e. The highest BCUT2D eigenvalue weighted by Crippen LogP contribution is 2.23. The van der Waals surface area contributed by atoms with Crippen LogP contribution in [-0.4, -0.2) is 71.5 Å². The van der Waals surface area contributed by atoms with E-state index in [9.17, 15) is 9.59 Å². The van der Waals surface area contributed by atoms with Crippen molar-refractivity contribution in [2.24, 2.45) is 11.8 Å². The first kappa shape index (κ1) is 30.7. The van der Waals surface area contributed by atoms with Crippen molar-refractivity contribution in [1.82, 2.24) is 19.7 Å². The molecular formula is C35H45N5O3. The van der Waals surface area contributed by atoms with Crippen LogP contribution in [0, 0.1) is 11.8 Å². The van der Waals surface area contributed by atoms with Crippen molar-refractivity contribution < 1.29 is 14.3 Å². The average Bonchev–Trinajstić information content (AvgIpc) is 3.03. The van der Waals surface area contributed by atoms with E-state index < -0.39 is 0 Å². The van der Waals surface area contributed by atoms with Gasteiger partial charge in [-0.2, -0.15) is 0 Å². The van der Waals surface area contributed by atoms with Gasteiger partial charge < -0.3 is 19.9 Å². The summed E-state index contributed by atoms with van der Waals surface area (Å²) in [5, 5.41) is 2.88. The van der Waals surface area contributed by atoms with Gasteiger partial charge in [-0.05, 0) is 99.9 Å². The number of likely N-dealkylation sites (tertiary alicyclic amines) is 2. The predicted molar refractivity (Wildman–Crippen MR) is 170 cm³/mol. The van der Waals surface area contributed by atoms with E-state index in [2.05, 4.69) is 58.3 Å². The number of anilines is 1. The van der Waals surface area contributed by atoms with Crippen LogP contribution in [0.25, 0.3) is 0 Å². The quantitative estimate of drug-likeness (QED) is 0.302. The molecule has 0 bridgehead atoms. The fraction of sp³-hybridized carbons (Fsp3) is 0.457. The van der Waals surface area contributed by atoms with Crippen LogP contribution >= 0.6 is 0 Å². The fourth-order valence-corrected chi connectivity index (χ4v) is 5.89. The molecule has 43 heavy (non-hydrogen) atoms. The van der Waals surface area contributed by atoms with E-state index in [0.29, 0.717) is 30.3 Å². The van der Waals surface area contributed by atoms with Crippen LogP contribution in [0.5, 0.6) is 5.88 Å². The minimum atomic E-state index is -0.372. The minimum absolute atomic E-state index is 0.195. The number of carbonyl (C=O) groups is 2. The van der Waals surface area contributed by atoms with Crippen molar-refractivity contribution in [3.8, 4) is 5.88 Å². The molecule has 1 N–H and O–H groups in total. The number of aromatic nitrogens is 1. The molecule has 228 valence electrons. The highest BCUT2D eigenvalue weighted by atomic mass is 16.6. The topological polar surface area (TPSA) is 78.0 Å². The molecule has 0 saturated carbocycles. The summed E-state index contributed by atoms with van der Waals surface area (Å²) in [5.74, 6) is 1.45. The number of carbonyl (C=O) groups excluding carboxylic acids is 2. The van der Waals surface area contributed by atoms with Crippen molar-refractivity contribution in [3.05, 3.63) is 89.6 Å². The lowest BCUT2D eigenvalue weighted by Gasteiger charge is -2.32. The Bertz CT molecular complexity index is 1300. The number of nitrogens with one attached hydrogen (secondary N) is 1. The third-order valence-electron chi connectivity index (χ3n) is 8.77. The van der Waals surface area contributed by atoms with Crippen molar-refractivity contribution >= 4 is 17.7 Å². The second-order valence-corrected chi connectivity index (χ2v) is 12.3. The van der Waals surface area contributed by atoms with Gasteiger partial charge in [0.1, 0.15) is 0 Å². The van der Waals surface area contributed by atoms with E-state index in [1.807, 2.05) is 30.3 Å². The molecular weight excluding hydrogens is 538 g/mol. The maximum absolute atomic E-state index is 12.8. The van der Waals surface area contributed by atoms with Crippen LogP contribution in [0.1, 0.15) is 60.5 Å². The molecule has 2 aromatic carbocycles. The SMILES string of the molecule is CC1CCN(Cc2ccc(C(=O)Nc3ccc(OC(=O)N4CCC(CCN(C)Cc5ccccc5)CC4)nc3)cc2)CC1. The van der Waals surface area contributed by atoms with E-state index in [-0.39, 0.29) is 17.9 Å². The van der Waals surface area contributed by atoms with Crippen LogP contribution in [-0.2, 0) is 13.1 Å². The van der Waals surface area contributed by atoms with Gasteiger partial charge in [-0.15, -0.1) is 0 Å². The van der Waals surface area contributed by atoms with E-state index in [1.54, 1.807) is 17.0 Å². The first-order valence-corrected chi connectivity index (χ1v) is 15.7. The molecule has 2 saturated heterocycles. The highest BCUT2D eigenvalue weighted by molar-refractivity contribution is 6.04. The van der Waals surface area contributed by atoms with Crippen molar-refractivity contribution in [1.29, 1.82) is 0 Å². The Kier molecular flexibility index (Phi) is 10.8. The summed E-state index contributed by atoms with van der Waals surface area (Å²) in [4.78, 5) is 36.4. The number of piperidine rings is 2. The molecule has 5 rings (SSSR count). The average molecular weight is 584 g/mol. The van der Waals surface area contributed by atoms with Crippen LogP contribution in [0.15, 0.2) is 72.9 Å². The smallest absolute Gasteiger partial charge is 0.391 e. The fourth-order valence-electron chi connectivity index (χ4n) is 5.89. The molecule has 0 spiro atoms. The lowest BCUT2D eigenvalue weighted by atomic mass is 9.93. The van der Waals surface area contributed by atoms with Gasteiger partial charge in [-0.3, -0.25) is 9.69 Å². The number of nitrogens with zero attached hydrogens (tertiary/aromatic N) is 4. The number of rotatable bonds is 10. The molecule has 8 heteroatoms. The summed E-state index contributed by atoms with van der Waals surface area (Å²) >= 11 is 0. The summed E-state index contributed by atoms with van der Waals surface area (Å²) in [6, 6.07) is 21.6. The first-order valence-electron chi connectivity index (χ1n) is 15.7. The second-order valence-electron chi connectivity index (χ2n) is 12.3. The standard InChI is InChI=1S/C35H45N5O3/c1-27-14-20-39(21-15-27)26-30-8-10-31(11-9-30)34(41)37-32-12-13-33(36-24-32)43-35(42)40-22-17-28(18-23-40)16-19-38(2)25-29-6-4-3-5-7-29/h3-13,24,27-28H,14-23,25-26H2,1-2H3,(H,37,41). The van der Waals surface area contributed by atoms with Gasteiger partial charge >= 0.3 is 6.09 Å². The Balaban J connectivity index is 1.01. The summed E-state index contributed by atoms with van der Waals surface area (Å²) in [6.45, 7) is 8.88. The number of pyridine rings is 1. The lowest BCUT2D eigenvalue weighted by Crippen LogP contribution is -2.40. The monoisotopic (exact) mass is 583 g/mol. The molecule has 2 fully saturated rings. The van der Waals surface area contributed by atoms with Crippen LogP contribution in [0.4, 0.5) is 10.5 Å². The summed E-state index contributed by atoms with van der Waals surface area (Å²) in [5.41, 5.74) is 3.69. The van der Waals surface area contributed by atoms with Gasteiger partial charge in [-0.25, -0.2) is 9.78 Å². The Morgan fingerprint density at radius 2 is 1.63 bits per heavy atom. The number of amides is 2. The van der Waals surface area contributed by atoms with Crippen LogP contribution < -0.4 is 10.1 Å². The normalized spacial score (nSPS) is 16.8. The molecule has 3 heterocycles. The van der Waals surface area contributed by atoms with Crippen molar-refractivity contribution in [2.75, 3.05) is 45.1 Å². The van der Waals surface area contributed by atoms with Gasteiger partial charge in [0.05, 0.1) is 11.9 Å². The zero-order valence-corrected chi connectivity index (χ0v) is 25.6. The molecule has 0 atom stereocenters. The van der Waals surface area contributed by atoms with Gasteiger partial charge in [0, 0.05) is 37.8 Å². The molecule has 2 amide bonds. The first-order chi connectivity index (χ1) is 20.9. The molecule has 1 aromatic heterocycles. The lowest BCUT2D eigenvalue weighted by molar-refractivity contribution is 0.102. The summed E-state index contributed by atoms with van der Waals surface area (Å²) in [6.07, 6.45) is 6.73.